The van der Waals surface area contributed by atoms with Crippen LogP contribution in [0.15, 0.2) is 45.2 Å². The summed E-state index contributed by atoms with van der Waals surface area (Å²) in [6.07, 6.45) is -4.01. The molecule has 9 heteroatoms. The molecule has 0 aliphatic heterocycles. The lowest BCUT2D eigenvalue weighted by Gasteiger charge is -2.15. The first-order valence-electron chi connectivity index (χ1n) is 7.41. The average molecular weight is 387 g/mol. The molecule has 0 fully saturated rings. The number of allylic oxidation sites excluding steroid dienone is 2. The molecule has 1 aromatic rings. The summed E-state index contributed by atoms with van der Waals surface area (Å²) in [7, 11) is 0. The summed E-state index contributed by atoms with van der Waals surface area (Å²) in [6.45, 7) is 7.07. The standard InChI is InChI=1S/C17H18ClF3N4O/c1-11(9-25(22-4)24-13(3)17(19,20)21)23-16(10-26)12(2)14-7-5-6-8-15(14)18/h5-8,10H,4,9H2,1-3H3/b16-12+,23-11+,24-13+. The first kappa shape index (κ1) is 21.6. The molecule has 0 heterocycles. The summed E-state index contributed by atoms with van der Waals surface area (Å²) in [5, 5.41) is 7.98. The van der Waals surface area contributed by atoms with Gasteiger partial charge in [-0.15, -0.1) is 0 Å². The molecule has 0 aliphatic rings. The molecule has 0 atom stereocenters. The van der Waals surface area contributed by atoms with Crippen molar-refractivity contribution in [1.82, 2.24) is 5.12 Å². The summed E-state index contributed by atoms with van der Waals surface area (Å²) in [6, 6.07) is 6.93. The van der Waals surface area contributed by atoms with Crippen molar-refractivity contribution in [2.24, 2.45) is 15.2 Å². The number of rotatable bonds is 7. The third kappa shape index (κ3) is 6.11. The van der Waals surface area contributed by atoms with Crippen molar-refractivity contribution in [2.75, 3.05) is 6.54 Å². The fourth-order valence-corrected chi connectivity index (χ4v) is 2.17. The molecular weight excluding hydrogens is 369 g/mol. The Labute approximate surface area is 154 Å². The zero-order chi connectivity index (χ0) is 19.9. The Kier molecular flexibility index (Phi) is 7.70. The highest BCUT2D eigenvalue weighted by Crippen LogP contribution is 2.25. The van der Waals surface area contributed by atoms with Gasteiger partial charge in [-0.1, -0.05) is 29.8 Å². The lowest BCUT2D eigenvalue weighted by molar-refractivity contribution is -0.104. The number of benzene rings is 1. The maximum atomic E-state index is 12.6. The minimum absolute atomic E-state index is 0.108. The van der Waals surface area contributed by atoms with Gasteiger partial charge in [0.05, 0.1) is 6.54 Å². The molecule has 1 rings (SSSR count). The molecule has 0 unspecified atom stereocenters. The molecule has 26 heavy (non-hydrogen) atoms. The van der Waals surface area contributed by atoms with Gasteiger partial charge in [-0.3, -0.25) is 9.79 Å². The van der Waals surface area contributed by atoms with Crippen molar-refractivity contribution < 1.29 is 18.0 Å². The predicted octanol–water partition coefficient (Wildman–Crippen LogP) is 4.59. The van der Waals surface area contributed by atoms with Crippen LogP contribution in [0.25, 0.3) is 5.57 Å². The summed E-state index contributed by atoms with van der Waals surface area (Å²) in [5.74, 6) is 0. The van der Waals surface area contributed by atoms with Crippen molar-refractivity contribution in [3.63, 3.8) is 0 Å². The maximum Gasteiger partial charge on any atom is 0.430 e. The number of aldehydes is 1. The summed E-state index contributed by atoms with van der Waals surface area (Å²) in [5.41, 5.74) is 0.535. The highest BCUT2D eigenvalue weighted by molar-refractivity contribution is 6.32. The van der Waals surface area contributed by atoms with Crippen LogP contribution in [0.4, 0.5) is 13.2 Å². The summed E-state index contributed by atoms with van der Waals surface area (Å²) >= 11 is 6.11. The molecule has 0 aromatic heterocycles. The van der Waals surface area contributed by atoms with Crippen LogP contribution in [-0.2, 0) is 4.79 Å². The SMILES string of the molecule is C=NN(C/C(C)=N/C(C=O)=C(\C)c1ccccc1Cl)/N=C(\C)C(F)(F)F. The molecule has 140 valence electrons. The molecule has 0 radical (unpaired) electrons. The molecule has 0 spiro atoms. The van der Waals surface area contributed by atoms with Crippen LogP contribution in [0.1, 0.15) is 26.3 Å². The molecular formula is C17H18ClF3N4O. The van der Waals surface area contributed by atoms with Crippen molar-refractivity contribution in [2.45, 2.75) is 26.9 Å². The van der Waals surface area contributed by atoms with Gasteiger partial charge in [0.25, 0.3) is 0 Å². The smallest absolute Gasteiger partial charge is 0.296 e. The van der Waals surface area contributed by atoms with E-state index in [9.17, 15) is 18.0 Å². The van der Waals surface area contributed by atoms with E-state index in [4.69, 9.17) is 11.6 Å². The second-order valence-electron chi connectivity index (χ2n) is 5.31. The molecule has 5 nitrogen and oxygen atoms in total. The van der Waals surface area contributed by atoms with E-state index in [0.29, 0.717) is 28.2 Å². The monoisotopic (exact) mass is 386 g/mol. The average Bonchev–Trinajstić information content (AvgIpc) is 2.57. The molecule has 0 bridgehead atoms. The number of nitrogens with zero attached hydrogens (tertiary/aromatic N) is 4. The summed E-state index contributed by atoms with van der Waals surface area (Å²) < 4.78 is 37.7. The van der Waals surface area contributed by atoms with E-state index in [1.54, 1.807) is 38.1 Å². The lowest BCUT2D eigenvalue weighted by Crippen LogP contribution is -2.26. The van der Waals surface area contributed by atoms with E-state index in [-0.39, 0.29) is 12.2 Å². The van der Waals surface area contributed by atoms with E-state index in [1.807, 2.05) is 0 Å². The van der Waals surface area contributed by atoms with Crippen LogP contribution < -0.4 is 0 Å². The minimum atomic E-state index is -4.57. The molecule has 0 saturated carbocycles. The van der Waals surface area contributed by atoms with E-state index < -0.39 is 11.9 Å². The molecule has 0 saturated heterocycles. The van der Waals surface area contributed by atoms with Crippen molar-refractivity contribution in [3.05, 3.63) is 40.5 Å². The number of hydrogen-bond donors (Lipinski definition) is 0. The maximum absolute atomic E-state index is 12.6. The summed E-state index contributed by atoms with van der Waals surface area (Å²) in [4.78, 5) is 15.6. The fraction of sp³-hybridized carbons (Fsp3) is 0.294. The Hall–Kier alpha value is -2.48. The topological polar surface area (TPSA) is 57.4 Å². The molecule has 0 N–H and O–H groups in total. The Morgan fingerprint density at radius 1 is 1.27 bits per heavy atom. The van der Waals surface area contributed by atoms with E-state index in [2.05, 4.69) is 21.9 Å². The van der Waals surface area contributed by atoms with Gasteiger partial charge in [0.15, 0.2) is 6.29 Å². The molecule has 1 aromatic carbocycles. The zero-order valence-corrected chi connectivity index (χ0v) is 15.3. The van der Waals surface area contributed by atoms with E-state index in [0.717, 1.165) is 12.0 Å². The third-order valence-electron chi connectivity index (χ3n) is 3.29. The number of alkyl halides is 3. The Morgan fingerprint density at radius 2 is 1.88 bits per heavy atom. The van der Waals surface area contributed by atoms with Crippen LogP contribution in [0.2, 0.25) is 5.02 Å². The van der Waals surface area contributed by atoms with Crippen LogP contribution in [-0.4, -0.2) is 42.3 Å². The second-order valence-corrected chi connectivity index (χ2v) is 5.72. The quantitative estimate of drug-likeness (QED) is 0.298. The van der Waals surface area contributed by atoms with Gasteiger partial charge in [0.2, 0.25) is 0 Å². The van der Waals surface area contributed by atoms with Crippen molar-refractivity contribution in [3.8, 4) is 0 Å². The van der Waals surface area contributed by atoms with Crippen molar-refractivity contribution in [1.29, 1.82) is 0 Å². The van der Waals surface area contributed by atoms with Gasteiger partial charge in [-0.2, -0.15) is 28.5 Å². The van der Waals surface area contributed by atoms with Gasteiger partial charge in [0.1, 0.15) is 11.4 Å². The second kappa shape index (κ2) is 9.28. The normalized spacial score (nSPS) is 14.0. The van der Waals surface area contributed by atoms with E-state index in [1.165, 1.54) is 0 Å². The van der Waals surface area contributed by atoms with Gasteiger partial charge in [-0.05, 0) is 38.0 Å². The number of hydrazone groups is 2. The Balaban J connectivity index is 3.13. The Morgan fingerprint density at radius 3 is 2.38 bits per heavy atom. The highest BCUT2D eigenvalue weighted by Gasteiger charge is 2.32. The van der Waals surface area contributed by atoms with Gasteiger partial charge < -0.3 is 0 Å². The predicted molar refractivity (Wildman–Crippen MR) is 98.6 cm³/mol. The highest BCUT2D eigenvalue weighted by atomic mass is 35.5. The fourth-order valence-electron chi connectivity index (χ4n) is 1.89. The first-order chi connectivity index (χ1) is 12.1. The molecule has 0 aliphatic carbocycles. The number of carbonyl (C=O) groups excluding carboxylic acids is 1. The minimum Gasteiger partial charge on any atom is -0.296 e. The number of carbonyl (C=O) groups is 1. The number of aliphatic imine (C=N–C) groups is 1. The van der Waals surface area contributed by atoms with Gasteiger partial charge in [-0.25, -0.2) is 0 Å². The Bertz CT molecular complexity index is 770. The van der Waals surface area contributed by atoms with Crippen LogP contribution in [0, 0.1) is 0 Å². The lowest BCUT2D eigenvalue weighted by atomic mass is 10.1. The van der Waals surface area contributed by atoms with Gasteiger partial charge >= 0.3 is 6.18 Å². The van der Waals surface area contributed by atoms with Crippen LogP contribution in [0.5, 0.6) is 0 Å². The largest absolute Gasteiger partial charge is 0.430 e. The molecule has 0 amide bonds. The first-order valence-corrected chi connectivity index (χ1v) is 7.79. The third-order valence-corrected chi connectivity index (χ3v) is 3.62. The van der Waals surface area contributed by atoms with Crippen molar-refractivity contribution >= 4 is 41.6 Å². The van der Waals surface area contributed by atoms with Crippen LogP contribution >= 0.6 is 11.6 Å². The zero-order valence-electron chi connectivity index (χ0n) is 14.5. The van der Waals surface area contributed by atoms with Crippen LogP contribution in [0.3, 0.4) is 0 Å². The number of hydrogen-bond acceptors (Lipinski definition) is 5. The van der Waals surface area contributed by atoms with E-state index >= 15 is 0 Å². The number of halogens is 4. The van der Waals surface area contributed by atoms with Gasteiger partial charge in [0, 0.05) is 17.5 Å².